The van der Waals surface area contributed by atoms with Gasteiger partial charge in [0.15, 0.2) is 0 Å². The number of thiophene rings is 1. The minimum absolute atomic E-state index is 0. The highest BCUT2D eigenvalue weighted by atomic mass is 35.5. The van der Waals surface area contributed by atoms with Gasteiger partial charge >= 0.3 is 5.97 Å². The van der Waals surface area contributed by atoms with E-state index < -0.39 is 0 Å². The van der Waals surface area contributed by atoms with Crippen LogP contribution in [-0.2, 0) is 4.79 Å². The van der Waals surface area contributed by atoms with Gasteiger partial charge in [0.1, 0.15) is 11.8 Å². The molecule has 1 aliphatic rings. The highest BCUT2D eigenvalue weighted by molar-refractivity contribution is 7.08. The molecule has 0 unspecified atom stereocenters. The van der Waals surface area contributed by atoms with E-state index in [1.54, 1.807) is 6.07 Å². The Morgan fingerprint density at radius 2 is 2.50 bits per heavy atom. The van der Waals surface area contributed by atoms with Crippen LogP contribution in [0.1, 0.15) is 12.8 Å². The van der Waals surface area contributed by atoms with E-state index >= 15 is 0 Å². The lowest BCUT2D eigenvalue weighted by Gasteiger charge is -2.07. The smallest absolute Gasteiger partial charge is 0.328 e. The summed E-state index contributed by atoms with van der Waals surface area (Å²) in [6.07, 6.45) is 1.95. The minimum Gasteiger partial charge on any atom is -0.424 e. The second-order valence-electron chi connectivity index (χ2n) is 3.03. The number of rotatable bonds is 2. The lowest BCUT2D eigenvalue weighted by molar-refractivity contribution is -0.136. The van der Waals surface area contributed by atoms with Gasteiger partial charge in [0.25, 0.3) is 0 Å². The molecule has 14 heavy (non-hydrogen) atoms. The predicted octanol–water partition coefficient (Wildman–Crippen LogP) is 1.83. The molecular formula is C9H12ClNO2S. The first-order valence-corrected chi connectivity index (χ1v) is 5.28. The van der Waals surface area contributed by atoms with Crippen molar-refractivity contribution >= 4 is 29.7 Å². The standard InChI is InChI=1S/C9H11NO2S.ClH/c11-9(8-2-1-4-10-8)12-7-3-5-13-6-7;/h3,5-6,8,10H,1-2,4H2;1H/t8-;/m0./s1. The maximum Gasteiger partial charge on any atom is 0.328 e. The fourth-order valence-corrected chi connectivity index (χ4v) is 1.94. The topological polar surface area (TPSA) is 38.3 Å². The van der Waals surface area contributed by atoms with Gasteiger partial charge in [-0.1, -0.05) is 0 Å². The van der Waals surface area contributed by atoms with Gasteiger partial charge in [0.2, 0.25) is 0 Å². The van der Waals surface area contributed by atoms with Crippen molar-refractivity contribution in [1.82, 2.24) is 5.32 Å². The van der Waals surface area contributed by atoms with Crippen LogP contribution in [-0.4, -0.2) is 18.6 Å². The average molecular weight is 234 g/mol. The number of carbonyl (C=O) groups is 1. The zero-order valence-electron chi connectivity index (χ0n) is 7.56. The molecule has 0 saturated carbocycles. The van der Waals surface area contributed by atoms with Crippen molar-refractivity contribution in [3.63, 3.8) is 0 Å². The van der Waals surface area contributed by atoms with Gasteiger partial charge in [0, 0.05) is 5.38 Å². The molecule has 2 heterocycles. The first-order valence-electron chi connectivity index (χ1n) is 4.33. The molecule has 1 aliphatic heterocycles. The predicted molar refractivity (Wildman–Crippen MR) is 58.2 cm³/mol. The Bertz CT molecular complexity index is 283. The van der Waals surface area contributed by atoms with Gasteiger partial charge in [-0.05, 0) is 30.8 Å². The maximum absolute atomic E-state index is 11.4. The van der Waals surface area contributed by atoms with Crippen LogP contribution in [0.5, 0.6) is 5.75 Å². The van der Waals surface area contributed by atoms with E-state index in [1.165, 1.54) is 11.3 Å². The summed E-state index contributed by atoms with van der Waals surface area (Å²) in [4.78, 5) is 11.4. The highest BCUT2D eigenvalue weighted by Crippen LogP contribution is 2.16. The molecule has 0 aromatic carbocycles. The van der Waals surface area contributed by atoms with E-state index in [2.05, 4.69) is 5.32 Å². The van der Waals surface area contributed by atoms with Crippen molar-refractivity contribution in [2.45, 2.75) is 18.9 Å². The lowest BCUT2D eigenvalue weighted by Crippen LogP contribution is -2.34. The summed E-state index contributed by atoms with van der Waals surface area (Å²) >= 11 is 1.53. The Morgan fingerprint density at radius 1 is 1.64 bits per heavy atom. The summed E-state index contributed by atoms with van der Waals surface area (Å²) in [7, 11) is 0. The van der Waals surface area contributed by atoms with Crippen LogP contribution in [0.4, 0.5) is 0 Å². The van der Waals surface area contributed by atoms with Crippen molar-refractivity contribution in [3.8, 4) is 5.75 Å². The SMILES string of the molecule is Cl.O=C(Oc1ccsc1)[C@@H]1CCCN1. The van der Waals surface area contributed by atoms with Crippen LogP contribution >= 0.6 is 23.7 Å². The third kappa shape index (κ3) is 2.70. The Kier molecular flexibility index (Phi) is 4.38. The van der Waals surface area contributed by atoms with E-state index in [1.807, 2.05) is 10.8 Å². The van der Waals surface area contributed by atoms with E-state index in [4.69, 9.17) is 4.74 Å². The molecular weight excluding hydrogens is 222 g/mol. The summed E-state index contributed by atoms with van der Waals surface area (Å²) in [5, 5.41) is 6.82. The van der Waals surface area contributed by atoms with Crippen LogP contribution in [0.25, 0.3) is 0 Å². The third-order valence-corrected chi connectivity index (χ3v) is 2.72. The molecule has 1 aromatic rings. The molecule has 0 bridgehead atoms. The molecule has 78 valence electrons. The third-order valence-electron chi connectivity index (χ3n) is 2.06. The molecule has 0 aliphatic carbocycles. The van der Waals surface area contributed by atoms with E-state index in [0.29, 0.717) is 5.75 Å². The molecule has 2 rings (SSSR count). The largest absolute Gasteiger partial charge is 0.424 e. The number of hydrogen-bond acceptors (Lipinski definition) is 4. The maximum atomic E-state index is 11.4. The summed E-state index contributed by atoms with van der Waals surface area (Å²) in [6, 6.07) is 1.71. The highest BCUT2D eigenvalue weighted by Gasteiger charge is 2.23. The Morgan fingerprint density at radius 3 is 3.07 bits per heavy atom. The first-order chi connectivity index (χ1) is 6.36. The molecule has 0 radical (unpaired) electrons. The number of esters is 1. The van der Waals surface area contributed by atoms with Crippen molar-refractivity contribution in [1.29, 1.82) is 0 Å². The molecule has 1 N–H and O–H groups in total. The normalized spacial score (nSPS) is 20.1. The molecule has 0 amide bonds. The van der Waals surface area contributed by atoms with Gasteiger partial charge in [-0.3, -0.25) is 0 Å². The summed E-state index contributed by atoms with van der Waals surface area (Å²) < 4.78 is 5.15. The quantitative estimate of drug-likeness (QED) is 0.793. The summed E-state index contributed by atoms with van der Waals surface area (Å²) in [5.41, 5.74) is 0. The monoisotopic (exact) mass is 233 g/mol. The number of carbonyl (C=O) groups excluding carboxylic acids is 1. The van der Waals surface area contributed by atoms with Gasteiger partial charge in [-0.25, -0.2) is 4.79 Å². The number of ether oxygens (including phenoxy) is 1. The Balaban J connectivity index is 0.000000980. The van der Waals surface area contributed by atoms with Crippen molar-refractivity contribution in [2.75, 3.05) is 6.54 Å². The minimum atomic E-state index is -0.157. The van der Waals surface area contributed by atoms with Crippen LogP contribution < -0.4 is 10.1 Å². The molecule has 3 nitrogen and oxygen atoms in total. The van der Waals surface area contributed by atoms with Crippen LogP contribution in [0.2, 0.25) is 0 Å². The van der Waals surface area contributed by atoms with Crippen molar-refractivity contribution in [3.05, 3.63) is 16.8 Å². The van der Waals surface area contributed by atoms with Gasteiger partial charge < -0.3 is 10.1 Å². The molecule has 1 atom stereocenters. The summed E-state index contributed by atoms with van der Waals surface area (Å²) in [5.74, 6) is 0.500. The Hall–Kier alpha value is -0.580. The molecule has 5 heteroatoms. The van der Waals surface area contributed by atoms with Crippen LogP contribution in [0.3, 0.4) is 0 Å². The second kappa shape index (κ2) is 5.34. The van der Waals surface area contributed by atoms with Crippen molar-refractivity contribution in [2.24, 2.45) is 0 Å². The molecule has 0 spiro atoms. The molecule has 1 fully saturated rings. The number of hydrogen-bond donors (Lipinski definition) is 1. The lowest BCUT2D eigenvalue weighted by atomic mass is 10.2. The van der Waals surface area contributed by atoms with Crippen LogP contribution in [0.15, 0.2) is 16.8 Å². The fourth-order valence-electron chi connectivity index (χ4n) is 1.38. The van der Waals surface area contributed by atoms with Gasteiger partial charge in [-0.2, -0.15) is 0 Å². The zero-order chi connectivity index (χ0) is 9.10. The van der Waals surface area contributed by atoms with Crippen LogP contribution in [0, 0.1) is 0 Å². The van der Waals surface area contributed by atoms with Gasteiger partial charge in [-0.15, -0.1) is 23.7 Å². The Labute approximate surface area is 92.9 Å². The van der Waals surface area contributed by atoms with E-state index in [0.717, 1.165) is 19.4 Å². The van der Waals surface area contributed by atoms with E-state index in [9.17, 15) is 4.79 Å². The zero-order valence-corrected chi connectivity index (χ0v) is 9.20. The summed E-state index contributed by atoms with van der Waals surface area (Å²) in [6.45, 7) is 0.920. The first kappa shape index (κ1) is 11.5. The van der Waals surface area contributed by atoms with Gasteiger partial charge in [0.05, 0.1) is 0 Å². The fraction of sp³-hybridized carbons (Fsp3) is 0.444. The number of halogens is 1. The average Bonchev–Trinajstić information content (AvgIpc) is 2.74. The van der Waals surface area contributed by atoms with Crippen molar-refractivity contribution < 1.29 is 9.53 Å². The second-order valence-corrected chi connectivity index (χ2v) is 3.81. The number of nitrogens with one attached hydrogen (secondary N) is 1. The molecule has 1 aromatic heterocycles. The van der Waals surface area contributed by atoms with E-state index in [-0.39, 0.29) is 24.4 Å². The molecule has 1 saturated heterocycles.